The highest BCUT2D eigenvalue weighted by Gasteiger charge is 2.23. The minimum atomic E-state index is 0.582. The van der Waals surface area contributed by atoms with Crippen LogP contribution in [0.5, 0.6) is 0 Å². The summed E-state index contributed by atoms with van der Waals surface area (Å²) in [5.74, 6) is 1.83. The topological polar surface area (TPSA) is 43.6 Å². The number of aromatic nitrogens is 4. The lowest BCUT2D eigenvalue weighted by Gasteiger charge is -2.14. The summed E-state index contributed by atoms with van der Waals surface area (Å²) in [6.45, 7) is 10.0. The van der Waals surface area contributed by atoms with Gasteiger partial charge in [-0.25, -0.2) is 4.98 Å². The zero-order chi connectivity index (χ0) is 39.6. The van der Waals surface area contributed by atoms with E-state index in [1.165, 1.54) is 31.3 Å². The molecule has 0 saturated heterocycles. The second kappa shape index (κ2) is 15.7. The number of hydrogen-bond acceptors (Lipinski definition) is 4. The molecule has 0 unspecified atom stereocenters. The van der Waals surface area contributed by atoms with Crippen molar-refractivity contribution in [3.63, 3.8) is 0 Å². The van der Waals surface area contributed by atoms with Crippen LogP contribution in [0.2, 0.25) is 0 Å². The maximum Gasteiger partial charge on any atom is 0.238 e. The van der Waals surface area contributed by atoms with E-state index in [4.69, 9.17) is 15.0 Å². The van der Waals surface area contributed by atoms with Gasteiger partial charge in [0, 0.05) is 58.6 Å². The molecule has 3 aromatic heterocycles. The van der Waals surface area contributed by atoms with Crippen LogP contribution in [0.25, 0.3) is 104 Å². The van der Waals surface area contributed by atoms with Crippen molar-refractivity contribution in [3.8, 4) is 51.0 Å². The minimum absolute atomic E-state index is 0.582. The van der Waals surface area contributed by atoms with E-state index in [1.807, 2.05) is 49.4 Å². The van der Waals surface area contributed by atoms with E-state index in [1.54, 1.807) is 0 Å². The lowest BCUT2D eigenvalue weighted by atomic mass is 9.99. The summed E-state index contributed by atoms with van der Waals surface area (Å²) in [7, 11) is 0. The Morgan fingerprint density at radius 1 is 0.397 bits per heavy atom. The largest absolute Gasteiger partial charge is 0.277 e. The third-order valence-electron chi connectivity index (χ3n) is 10.5. The maximum absolute atomic E-state index is 5.36. The number of para-hydroxylation sites is 1. The van der Waals surface area contributed by atoms with Crippen molar-refractivity contribution in [2.45, 2.75) is 13.8 Å². The van der Waals surface area contributed by atoms with Gasteiger partial charge in [-0.3, -0.25) is 4.57 Å². The predicted octanol–water partition coefficient (Wildman–Crippen LogP) is 15.0. The first kappa shape index (κ1) is 36.4. The van der Waals surface area contributed by atoms with Crippen molar-refractivity contribution < 1.29 is 0 Å². The predicted molar refractivity (Wildman–Crippen MR) is 249 cm³/mol. The number of thiophene rings is 1. The van der Waals surface area contributed by atoms with Crippen LogP contribution in [0.15, 0.2) is 195 Å². The van der Waals surface area contributed by atoms with Gasteiger partial charge < -0.3 is 0 Å². The number of hydrogen-bond donors (Lipinski definition) is 0. The summed E-state index contributed by atoms with van der Waals surface area (Å²) in [6.07, 6.45) is 0. The fourth-order valence-electron chi connectivity index (χ4n) is 7.96. The SMILES string of the molecule is C=C.CC.c1ccc(-c2ccc(-c3nc(-c4ccccc4)nc(-n4c5c(-c6cccc7c6sc6ccccc67)cccc5c5ccc6ccccc6c54)n3)cc2)cc1. The van der Waals surface area contributed by atoms with Crippen molar-refractivity contribution in [1.82, 2.24) is 19.5 Å². The van der Waals surface area contributed by atoms with Gasteiger partial charge in [0.2, 0.25) is 5.95 Å². The molecule has 0 aliphatic rings. The van der Waals surface area contributed by atoms with Crippen molar-refractivity contribution in [3.05, 3.63) is 195 Å². The Labute approximate surface area is 342 Å². The van der Waals surface area contributed by atoms with E-state index in [-0.39, 0.29) is 0 Å². The summed E-state index contributed by atoms with van der Waals surface area (Å²) in [6, 6.07) is 64.3. The van der Waals surface area contributed by atoms with Crippen LogP contribution >= 0.6 is 11.3 Å². The monoisotopic (exact) mass is 764 g/mol. The summed E-state index contributed by atoms with van der Waals surface area (Å²) in [4.78, 5) is 15.8. The van der Waals surface area contributed by atoms with Gasteiger partial charge in [0.15, 0.2) is 11.6 Å². The van der Waals surface area contributed by atoms with Crippen LogP contribution in [0, 0.1) is 0 Å². The molecule has 11 aromatic rings. The molecule has 5 heteroatoms. The number of fused-ring (bicyclic) bond motifs is 8. The standard InChI is InChI=1S/C49H30N4S.C2H6.C2H4/c1-3-13-31(14-4-1)32-25-27-35(28-26-32)48-50-47(34-16-5-2-6-17-34)51-49(52-48)53-44-36-18-8-7-15-33(36)29-30-40(44)38-20-11-21-39(45(38)53)42-23-12-22-41-37-19-9-10-24-43(37)54-46(41)42;2*1-2/h1-30H;1-2H3;1-2H2. The van der Waals surface area contributed by atoms with Crippen LogP contribution in [-0.4, -0.2) is 19.5 Å². The zero-order valence-corrected chi connectivity index (χ0v) is 33.2. The van der Waals surface area contributed by atoms with E-state index < -0.39 is 0 Å². The lowest BCUT2D eigenvalue weighted by molar-refractivity contribution is 0.955. The molecule has 0 fully saturated rings. The van der Waals surface area contributed by atoms with Crippen molar-refractivity contribution in [2.24, 2.45) is 0 Å². The third-order valence-corrected chi connectivity index (χ3v) is 11.7. The van der Waals surface area contributed by atoms with E-state index in [0.717, 1.165) is 54.8 Å². The van der Waals surface area contributed by atoms with Gasteiger partial charge in [-0.2, -0.15) is 9.97 Å². The highest BCUT2D eigenvalue weighted by atomic mass is 32.1. The van der Waals surface area contributed by atoms with Gasteiger partial charge in [-0.15, -0.1) is 24.5 Å². The summed E-state index contributed by atoms with van der Waals surface area (Å²) in [5, 5.41) is 7.17. The molecule has 0 N–H and O–H groups in total. The molecule has 0 aliphatic heterocycles. The molecular weight excluding hydrogens is 725 g/mol. The average molecular weight is 765 g/mol. The van der Waals surface area contributed by atoms with Gasteiger partial charge in [0.05, 0.1) is 11.0 Å². The Kier molecular flexibility index (Phi) is 9.88. The van der Waals surface area contributed by atoms with E-state index in [2.05, 4.69) is 175 Å². The second-order valence-electron chi connectivity index (χ2n) is 13.6. The van der Waals surface area contributed by atoms with Gasteiger partial charge in [0.25, 0.3) is 0 Å². The lowest BCUT2D eigenvalue weighted by Crippen LogP contribution is -2.07. The molecule has 11 rings (SSSR count). The second-order valence-corrected chi connectivity index (χ2v) is 14.6. The van der Waals surface area contributed by atoms with E-state index in [0.29, 0.717) is 17.6 Å². The smallest absolute Gasteiger partial charge is 0.238 e. The molecule has 4 nitrogen and oxygen atoms in total. The Hall–Kier alpha value is -7.21. The van der Waals surface area contributed by atoms with Gasteiger partial charge in [0.1, 0.15) is 0 Å². The zero-order valence-electron chi connectivity index (χ0n) is 32.4. The Morgan fingerprint density at radius 3 is 1.64 bits per heavy atom. The number of rotatable bonds is 5. The molecule has 278 valence electrons. The molecule has 0 atom stereocenters. The van der Waals surface area contributed by atoms with Crippen molar-refractivity contribution in [1.29, 1.82) is 0 Å². The highest BCUT2D eigenvalue weighted by molar-refractivity contribution is 7.26. The Balaban J connectivity index is 0.00000106. The van der Waals surface area contributed by atoms with Crippen LogP contribution in [-0.2, 0) is 0 Å². The first-order chi connectivity index (χ1) is 28.8. The molecule has 58 heavy (non-hydrogen) atoms. The molecule has 0 saturated carbocycles. The van der Waals surface area contributed by atoms with Crippen molar-refractivity contribution in [2.75, 3.05) is 0 Å². The van der Waals surface area contributed by atoms with Gasteiger partial charge in [-0.05, 0) is 22.6 Å². The molecule has 0 spiro atoms. The van der Waals surface area contributed by atoms with E-state index >= 15 is 0 Å². The summed E-state index contributed by atoms with van der Waals surface area (Å²) >= 11 is 1.85. The summed E-state index contributed by atoms with van der Waals surface area (Å²) in [5.41, 5.74) is 8.66. The summed E-state index contributed by atoms with van der Waals surface area (Å²) < 4.78 is 4.85. The Bertz CT molecular complexity index is 3220. The molecule has 0 aliphatic carbocycles. The molecule has 0 bridgehead atoms. The fourth-order valence-corrected chi connectivity index (χ4v) is 9.19. The van der Waals surface area contributed by atoms with Gasteiger partial charge in [-0.1, -0.05) is 190 Å². The fraction of sp³-hybridized carbons (Fsp3) is 0.0377. The molecule has 0 amide bonds. The normalized spacial score (nSPS) is 11.1. The Morgan fingerprint density at radius 2 is 0.914 bits per heavy atom. The first-order valence-electron chi connectivity index (χ1n) is 19.6. The maximum atomic E-state index is 5.36. The van der Waals surface area contributed by atoms with Crippen LogP contribution in [0.3, 0.4) is 0 Å². The molecule has 0 radical (unpaired) electrons. The first-order valence-corrected chi connectivity index (χ1v) is 20.4. The quantitative estimate of drug-likeness (QED) is 0.164. The molecule has 3 heterocycles. The number of benzene rings is 8. The number of nitrogens with zero attached hydrogens (tertiary/aromatic N) is 4. The third kappa shape index (κ3) is 6.23. The van der Waals surface area contributed by atoms with E-state index in [9.17, 15) is 0 Å². The van der Waals surface area contributed by atoms with Crippen molar-refractivity contribution >= 4 is 64.1 Å². The molecular formula is C53H40N4S. The van der Waals surface area contributed by atoms with Gasteiger partial charge >= 0.3 is 0 Å². The average Bonchev–Trinajstić information content (AvgIpc) is 3.87. The molecule has 8 aromatic carbocycles. The van der Waals surface area contributed by atoms with Crippen LogP contribution in [0.4, 0.5) is 0 Å². The minimum Gasteiger partial charge on any atom is -0.277 e. The van der Waals surface area contributed by atoms with Crippen LogP contribution < -0.4 is 0 Å². The van der Waals surface area contributed by atoms with Crippen LogP contribution in [0.1, 0.15) is 13.8 Å². The highest BCUT2D eigenvalue weighted by Crippen LogP contribution is 2.45.